The average molecular weight is 405 g/mol. The quantitative estimate of drug-likeness (QED) is 0.660. The molecule has 6 heteroatoms. The Morgan fingerprint density at radius 2 is 1.77 bits per heavy atom. The first-order valence-corrected chi connectivity index (χ1v) is 10.5. The molecule has 3 aromatic rings. The molecule has 1 aromatic heterocycles. The molecule has 1 saturated heterocycles. The maximum absolute atomic E-state index is 12.9. The van der Waals surface area contributed by atoms with Crippen LogP contribution < -0.4 is 10.6 Å². The third kappa shape index (κ3) is 4.24. The van der Waals surface area contributed by atoms with Gasteiger partial charge in [0, 0.05) is 42.3 Å². The second kappa shape index (κ2) is 8.71. The maximum atomic E-state index is 12.9. The van der Waals surface area contributed by atoms with Crippen molar-refractivity contribution in [3.63, 3.8) is 0 Å². The number of likely N-dealkylation sites (tertiary alicyclic amines) is 1. The number of hydrogen-bond acceptors (Lipinski definition) is 3. The van der Waals surface area contributed by atoms with E-state index < -0.39 is 0 Å². The summed E-state index contributed by atoms with van der Waals surface area (Å²) in [6.45, 7) is 5.66. The predicted molar refractivity (Wildman–Crippen MR) is 120 cm³/mol. The number of fused-ring (bicyclic) bond motifs is 1. The molecule has 0 aliphatic carbocycles. The zero-order chi connectivity index (χ0) is 21.1. The molecule has 0 atom stereocenters. The topological polar surface area (TPSA) is 66.4 Å². The van der Waals surface area contributed by atoms with Gasteiger partial charge in [0.25, 0.3) is 11.8 Å². The lowest BCUT2D eigenvalue weighted by Gasteiger charge is -2.15. The van der Waals surface area contributed by atoms with Crippen molar-refractivity contribution in [2.24, 2.45) is 7.05 Å². The van der Waals surface area contributed by atoms with E-state index in [2.05, 4.69) is 15.5 Å². The second-order valence-corrected chi connectivity index (χ2v) is 7.94. The summed E-state index contributed by atoms with van der Waals surface area (Å²) in [5, 5.41) is 6.98. The molecular weight excluding hydrogens is 376 g/mol. The second-order valence-electron chi connectivity index (χ2n) is 7.94. The fraction of sp³-hybridized carbons (Fsp3) is 0.333. The van der Waals surface area contributed by atoms with E-state index in [0.717, 1.165) is 36.1 Å². The van der Waals surface area contributed by atoms with Crippen LogP contribution >= 0.6 is 0 Å². The van der Waals surface area contributed by atoms with Gasteiger partial charge in [-0.05, 0) is 62.7 Å². The summed E-state index contributed by atoms with van der Waals surface area (Å²) in [4.78, 5) is 27.8. The molecule has 6 nitrogen and oxygen atoms in total. The van der Waals surface area contributed by atoms with Crippen molar-refractivity contribution in [2.45, 2.75) is 19.8 Å². The molecule has 0 radical (unpaired) electrons. The minimum atomic E-state index is -0.191. The summed E-state index contributed by atoms with van der Waals surface area (Å²) in [7, 11) is 1.88. The number of aryl methyl sites for hydroxylation is 2. The monoisotopic (exact) mass is 404 g/mol. The SMILES string of the molecule is Cc1ccc(C(=O)NCCN2CCCC2)cc1NC(=O)c1cc2ccccc2n1C. The molecular formula is C24H28N4O2. The molecule has 1 aliphatic heterocycles. The smallest absolute Gasteiger partial charge is 0.272 e. The number of aromatic nitrogens is 1. The normalized spacial score (nSPS) is 14.2. The molecule has 2 heterocycles. The highest BCUT2D eigenvalue weighted by Crippen LogP contribution is 2.22. The van der Waals surface area contributed by atoms with E-state index in [-0.39, 0.29) is 11.8 Å². The fourth-order valence-electron chi connectivity index (χ4n) is 4.03. The first kappa shape index (κ1) is 20.2. The number of nitrogens with zero attached hydrogens (tertiary/aromatic N) is 2. The van der Waals surface area contributed by atoms with Gasteiger partial charge in [-0.1, -0.05) is 24.3 Å². The van der Waals surface area contributed by atoms with Gasteiger partial charge in [0.1, 0.15) is 5.69 Å². The van der Waals surface area contributed by atoms with Gasteiger partial charge in [0.05, 0.1) is 0 Å². The van der Waals surface area contributed by atoms with Crippen molar-refractivity contribution in [2.75, 3.05) is 31.5 Å². The van der Waals surface area contributed by atoms with Gasteiger partial charge < -0.3 is 20.1 Å². The number of carbonyl (C=O) groups is 2. The molecule has 1 aliphatic rings. The van der Waals surface area contributed by atoms with Crippen LogP contribution in [0.15, 0.2) is 48.5 Å². The fourth-order valence-corrected chi connectivity index (χ4v) is 4.03. The number of carbonyl (C=O) groups excluding carboxylic acids is 2. The molecule has 2 aromatic carbocycles. The zero-order valence-corrected chi connectivity index (χ0v) is 17.6. The average Bonchev–Trinajstić information content (AvgIpc) is 3.38. The number of para-hydroxylation sites is 1. The van der Waals surface area contributed by atoms with Crippen LogP contribution in [0.5, 0.6) is 0 Å². The van der Waals surface area contributed by atoms with Crippen LogP contribution in [0, 0.1) is 6.92 Å². The van der Waals surface area contributed by atoms with Gasteiger partial charge >= 0.3 is 0 Å². The predicted octanol–water partition coefficient (Wildman–Crippen LogP) is 3.56. The largest absolute Gasteiger partial charge is 0.351 e. The molecule has 2 N–H and O–H groups in total. The first-order chi connectivity index (χ1) is 14.5. The van der Waals surface area contributed by atoms with E-state index >= 15 is 0 Å². The third-order valence-corrected chi connectivity index (χ3v) is 5.84. The molecule has 156 valence electrons. The van der Waals surface area contributed by atoms with Gasteiger partial charge in [0.2, 0.25) is 0 Å². The van der Waals surface area contributed by atoms with Crippen LogP contribution in [0.2, 0.25) is 0 Å². The molecule has 4 rings (SSSR count). The molecule has 30 heavy (non-hydrogen) atoms. The van der Waals surface area contributed by atoms with Crippen molar-refractivity contribution in [3.05, 3.63) is 65.4 Å². The van der Waals surface area contributed by atoms with Gasteiger partial charge in [-0.3, -0.25) is 9.59 Å². The first-order valence-electron chi connectivity index (χ1n) is 10.5. The maximum Gasteiger partial charge on any atom is 0.272 e. The number of benzene rings is 2. The lowest BCUT2D eigenvalue weighted by molar-refractivity contribution is 0.0948. The Balaban J connectivity index is 1.45. The third-order valence-electron chi connectivity index (χ3n) is 5.84. The highest BCUT2D eigenvalue weighted by molar-refractivity contribution is 6.07. The van der Waals surface area contributed by atoms with Crippen LogP contribution in [0.3, 0.4) is 0 Å². The van der Waals surface area contributed by atoms with Crippen molar-refractivity contribution in [1.82, 2.24) is 14.8 Å². The Bertz CT molecular complexity index is 1080. The van der Waals surface area contributed by atoms with Crippen LogP contribution in [-0.4, -0.2) is 47.5 Å². The van der Waals surface area contributed by atoms with Gasteiger partial charge in [-0.2, -0.15) is 0 Å². The Kier molecular flexibility index (Phi) is 5.86. The van der Waals surface area contributed by atoms with Crippen LogP contribution in [-0.2, 0) is 7.05 Å². The van der Waals surface area contributed by atoms with E-state index in [4.69, 9.17) is 0 Å². The molecule has 0 bridgehead atoms. The summed E-state index contributed by atoms with van der Waals surface area (Å²) in [6, 6.07) is 15.2. The van der Waals surface area contributed by atoms with Gasteiger partial charge in [-0.25, -0.2) is 0 Å². The van der Waals surface area contributed by atoms with Crippen molar-refractivity contribution >= 4 is 28.4 Å². The van der Waals surface area contributed by atoms with Crippen molar-refractivity contribution in [1.29, 1.82) is 0 Å². The minimum Gasteiger partial charge on any atom is -0.351 e. The Hall–Kier alpha value is -3.12. The summed E-state index contributed by atoms with van der Waals surface area (Å²) in [5.41, 5.74) is 3.70. The van der Waals surface area contributed by atoms with E-state index in [1.807, 2.05) is 54.9 Å². The molecule has 0 saturated carbocycles. The summed E-state index contributed by atoms with van der Waals surface area (Å²) in [6.07, 6.45) is 2.48. The van der Waals surface area contributed by atoms with Crippen molar-refractivity contribution in [3.8, 4) is 0 Å². The summed E-state index contributed by atoms with van der Waals surface area (Å²) < 4.78 is 1.88. The van der Waals surface area contributed by atoms with Gasteiger partial charge in [0.15, 0.2) is 0 Å². The van der Waals surface area contributed by atoms with Crippen LogP contribution in [0.25, 0.3) is 10.9 Å². The summed E-state index contributed by atoms with van der Waals surface area (Å²) in [5.74, 6) is -0.308. The Morgan fingerprint density at radius 1 is 1.00 bits per heavy atom. The zero-order valence-electron chi connectivity index (χ0n) is 17.6. The van der Waals surface area contributed by atoms with Crippen LogP contribution in [0.4, 0.5) is 5.69 Å². The van der Waals surface area contributed by atoms with E-state index in [1.165, 1.54) is 12.8 Å². The molecule has 1 fully saturated rings. The Morgan fingerprint density at radius 3 is 2.53 bits per heavy atom. The minimum absolute atomic E-state index is 0.116. The Labute approximate surface area is 176 Å². The highest BCUT2D eigenvalue weighted by atomic mass is 16.2. The number of rotatable bonds is 6. The molecule has 0 spiro atoms. The van der Waals surface area contributed by atoms with E-state index in [9.17, 15) is 9.59 Å². The number of anilines is 1. The number of amides is 2. The molecule has 0 unspecified atom stereocenters. The highest BCUT2D eigenvalue weighted by Gasteiger charge is 2.16. The lowest BCUT2D eigenvalue weighted by Crippen LogP contribution is -2.33. The standard InChI is InChI=1S/C24H28N4O2/c1-17-9-10-19(23(29)25-11-14-28-12-5-6-13-28)15-20(17)26-24(30)22-16-18-7-3-4-8-21(18)27(22)2/h3-4,7-10,15-16H,5-6,11-14H2,1-2H3,(H,25,29)(H,26,30). The van der Waals surface area contributed by atoms with E-state index in [1.54, 1.807) is 12.1 Å². The summed E-state index contributed by atoms with van der Waals surface area (Å²) >= 11 is 0. The van der Waals surface area contributed by atoms with Crippen molar-refractivity contribution < 1.29 is 9.59 Å². The number of hydrogen-bond donors (Lipinski definition) is 2. The molecule has 2 amide bonds. The van der Waals surface area contributed by atoms with E-state index in [0.29, 0.717) is 23.5 Å². The lowest BCUT2D eigenvalue weighted by atomic mass is 10.1. The number of nitrogens with one attached hydrogen (secondary N) is 2. The van der Waals surface area contributed by atoms with Crippen LogP contribution in [0.1, 0.15) is 39.3 Å². The van der Waals surface area contributed by atoms with Gasteiger partial charge in [-0.15, -0.1) is 0 Å².